The third-order valence-electron chi connectivity index (χ3n) is 1.87. The maximum atomic E-state index is 12.0. The standard InChI is InChI=1S/C6H12FNO/c7-4-6(9)2-1-5(8)3-6/h5,9H,1-4,8H2/t5-,6+/m0/s1. The smallest absolute Gasteiger partial charge is 0.118 e. The van der Waals surface area contributed by atoms with Gasteiger partial charge < -0.3 is 10.8 Å². The van der Waals surface area contributed by atoms with Gasteiger partial charge in [-0.05, 0) is 19.3 Å². The molecule has 1 aliphatic rings. The number of aliphatic hydroxyl groups is 1. The van der Waals surface area contributed by atoms with Crippen molar-refractivity contribution in [3.63, 3.8) is 0 Å². The van der Waals surface area contributed by atoms with E-state index < -0.39 is 12.3 Å². The van der Waals surface area contributed by atoms with Crippen LogP contribution in [0, 0.1) is 0 Å². The van der Waals surface area contributed by atoms with Crippen LogP contribution in [-0.4, -0.2) is 23.4 Å². The average molecular weight is 133 g/mol. The molecule has 1 aliphatic carbocycles. The van der Waals surface area contributed by atoms with Gasteiger partial charge in [0, 0.05) is 6.04 Å². The molecule has 3 N–H and O–H groups in total. The van der Waals surface area contributed by atoms with Gasteiger partial charge >= 0.3 is 0 Å². The predicted octanol–water partition coefficient (Wildman–Crippen LogP) is 0.198. The fourth-order valence-electron chi connectivity index (χ4n) is 1.27. The van der Waals surface area contributed by atoms with Crippen LogP contribution in [0.1, 0.15) is 19.3 Å². The molecule has 1 saturated carbocycles. The average Bonchev–Trinajstić information content (AvgIpc) is 2.13. The Morgan fingerprint density at radius 3 is 2.67 bits per heavy atom. The Morgan fingerprint density at radius 2 is 2.44 bits per heavy atom. The van der Waals surface area contributed by atoms with Crippen molar-refractivity contribution >= 4 is 0 Å². The van der Waals surface area contributed by atoms with Gasteiger partial charge in [-0.1, -0.05) is 0 Å². The molecule has 9 heavy (non-hydrogen) atoms. The molecule has 0 radical (unpaired) electrons. The maximum absolute atomic E-state index is 12.0. The summed E-state index contributed by atoms with van der Waals surface area (Å²) in [7, 11) is 0. The zero-order valence-electron chi connectivity index (χ0n) is 5.31. The lowest BCUT2D eigenvalue weighted by Crippen LogP contribution is -2.29. The lowest BCUT2D eigenvalue weighted by molar-refractivity contribution is 0.0212. The summed E-state index contributed by atoms with van der Waals surface area (Å²) in [5.41, 5.74) is 4.38. The molecule has 0 aromatic heterocycles. The normalized spacial score (nSPS) is 43.7. The van der Waals surface area contributed by atoms with Crippen molar-refractivity contribution in [1.29, 1.82) is 0 Å². The van der Waals surface area contributed by atoms with Gasteiger partial charge in [-0.15, -0.1) is 0 Å². The highest BCUT2D eigenvalue weighted by molar-refractivity contribution is 4.90. The zero-order valence-corrected chi connectivity index (χ0v) is 5.31. The number of nitrogens with two attached hydrogens (primary N) is 1. The Bertz CT molecular complexity index is 109. The summed E-state index contributed by atoms with van der Waals surface area (Å²) in [5, 5.41) is 9.22. The topological polar surface area (TPSA) is 46.2 Å². The van der Waals surface area contributed by atoms with Crippen LogP contribution in [0.2, 0.25) is 0 Å². The van der Waals surface area contributed by atoms with Gasteiger partial charge in [0.25, 0.3) is 0 Å². The monoisotopic (exact) mass is 133 g/mol. The summed E-state index contributed by atoms with van der Waals surface area (Å²) in [6.07, 6.45) is 1.69. The van der Waals surface area contributed by atoms with Crippen molar-refractivity contribution in [1.82, 2.24) is 0 Å². The van der Waals surface area contributed by atoms with Crippen molar-refractivity contribution in [2.45, 2.75) is 30.9 Å². The highest BCUT2D eigenvalue weighted by Crippen LogP contribution is 2.28. The SMILES string of the molecule is N[C@H]1CC[C@](O)(CF)C1. The van der Waals surface area contributed by atoms with Crippen LogP contribution < -0.4 is 5.73 Å². The molecule has 2 atom stereocenters. The first-order valence-corrected chi connectivity index (χ1v) is 3.20. The third-order valence-corrected chi connectivity index (χ3v) is 1.87. The van der Waals surface area contributed by atoms with E-state index in [1.165, 1.54) is 0 Å². The van der Waals surface area contributed by atoms with E-state index in [1.807, 2.05) is 0 Å². The largest absolute Gasteiger partial charge is 0.387 e. The van der Waals surface area contributed by atoms with Crippen LogP contribution in [0.15, 0.2) is 0 Å². The summed E-state index contributed by atoms with van der Waals surface area (Å²) in [4.78, 5) is 0. The number of rotatable bonds is 1. The Hall–Kier alpha value is -0.150. The summed E-state index contributed by atoms with van der Waals surface area (Å²) < 4.78 is 12.0. The molecule has 0 aliphatic heterocycles. The highest BCUT2D eigenvalue weighted by atomic mass is 19.1. The molecule has 54 valence electrons. The number of hydrogen-bond donors (Lipinski definition) is 2. The molecule has 0 bridgehead atoms. The van der Waals surface area contributed by atoms with Crippen LogP contribution >= 0.6 is 0 Å². The number of hydrogen-bond acceptors (Lipinski definition) is 2. The molecule has 3 heteroatoms. The van der Waals surface area contributed by atoms with Crippen molar-refractivity contribution in [3.8, 4) is 0 Å². The lowest BCUT2D eigenvalue weighted by atomic mass is 10.1. The van der Waals surface area contributed by atoms with Crippen molar-refractivity contribution in [2.75, 3.05) is 6.67 Å². The first kappa shape index (κ1) is 6.96. The van der Waals surface area contributed by atoms with Gasteiger partial charge in [0.1, 0.15) is 6.67 Å². The first-order chi connectivity index (χ1) is 4.16. The zero-order chi connectivity index (χ0) is 6.91. The van der Waals surface area contributed by atoms with E-state index in [9.17, 15) is 9.50 Å². The number of halogens is 1. The molecule has 0 saturated heterocycles. The van der Waals surface area contributed by atoms with Crippen LogP contribution in [-0.2, 0) is 0 Å². The fraction of sp³-hybridized carbons (Fsp3) is 1.00. The van der Waals surface area contributed by atoms with E-state index in [1.54, 1.807) is 0 Å². The second kappa shape index (κ2) is 2.23. The number of alkyl halides is 1. The third kappa shape index (κ3) is 1.40. The summed E-state index contributed by atoms with van der Waals surface area (Å²) in [5.74, 6) is 0. The lowest BCUT2D eigenvalue weighted by Gasteiger charge is -2.16. The predicted molar refractivity (Wildman–Crippen MR) is 32.8 cm³/mol. The second-order valence-corrected chi connectivity index (χ2v) is 2.86. The minimum Gasteiger partial charge on any atom is -0.387 e. The van der Waals surface area contributed by atoms with Crippen LogP contribution in [0.5, 0.6) is 0 Å². The van der Waals surface area contributed by atoms with E-state index in [4.69, 9.17) is 5.73 Å². The van der Waals surface area contributed by atoms with Gasteiger partial charge in [-0.25, -0.2) is 4.39 Å². The van der Waals surface area contributed by atoms with Gasteiger partial charge in [0.15, 0.2) is 0 Å². The molecular weight excluding hydrogens is 121 g/mol. The quantitative estimate of drug-likeness (QED) is 0.536. The maximum Gasteiger partial charge on any atom is 0.118 e. The first-order valence-electron chi connectivity index (χ1n) is 3.20. The second-order valence-electron chi connectivity index (χ2n) is 2.86. The Balaban J connectivity index is 2.45. The minimum absolute atomic E-state index is 0.00532. The molecule has 0 heterocycles. The molecule has 0 amide bonds. The van der Waals surface area contributed by atoms with Crippen LogP contribution in [0.3, 0.4) is 0 Å². The molecule has 2 nitrogen and oxygen atoms in total. The van der Waals surface area contributed by atoms with Crippen molar-refractivity contribution < 1.29 is 9.50 Å². The summed E-state index contributed by atoms with van der Waals surface area (Å²) in [6.45, 7) is -0.652. The van der Waals surface area contributed by atoms with E-state index >= 15 is 0 Å². The Kier molecular flexibility index (Phi) is 1.73. The van der Waals surface area contributed by atoms with E-state index in [0.717, 1.165) is 6.42 Å². The molecular formula is C6H12FNO. The fourth-order valence-corrected chi connectivity index (χ4v) is 1.27. The van der Waals surface area contributed by atoms with Gasteiger partial charge in [-0.2, -0.15) is 0 Å². The van der Waals surface area contributed by atoms with Gasteiger partial charge in [0.2, 0.25) is 0 Å². The summed E-state index contributed by atoms with van der Waals surface area (Å²) in [6, 6.07) is 0.00532. The minimum atomic E-state index is -1.08. The molecule has 0 spiro atoms. The van der Waals surface area contributed by atoms with E-state index in [2.05, 4.69) is 0 Å². The Morgan fingerprint density at radius 1 is 1.78 bits per heavy atom. The van der Waals surface area contributed by atoms with Gasteiger partial charge in [0.05, 0.1) is 5.60 Å². The molecule has 1 fully saturated rings. The molecule has 0 unspecified atom stereocenters. The molecule has 0 aromatic rings. The van der Waals surface area contributed by atoms with Gasteiger partial charge in [-0.3, -0.25) is 0 Å². The van der Waals surface area contributed by atoms with Crippen LogP contribution in [0.25, 0.3) is 0 Å². The summed E-state index contributed by atoms with van der Waals surface area (Å²) >= 11 is 0. The van der Waals surface area contributed by atoms with Crippen molar-refractivity contribution in [3.05, 3.63) is 0 Å². The van der Waals surface area contributed by atoms with E-state index in [-0.39, 0.29) is 6.04 Å². The molecule has 1 rings (SSSR count). The van der Waals surface area contributed by atoms with Crippen LogP contribution in [0.4, 0.5) is 4.39 Å². The van der Waals surface area contributed by atoms with Crippen molar-refractivity contribution in [2.24, 2.45) is 5.73 Å². The molecule has 0 aromatic carbocycles. The van der Waals surface area contributed by atoms with E-state index in [0.29, 0.717) is 12.8 Å². The highest BCUT2D eigenvalue weighted by Gasteiger charge is 2.35. The Labute approximate surface area is 53.9 Å².